The molecule has 0 saturated carbocycles. The molecule has 110 valence electrons. The fourth-order valence-electron chi connectivity index (χ4n) is 2.53. The molecular formula is C13H19ClN4O2. The lowest BCUT2D eigenvalue weighted by Crippen LogP contribution is -2.38. The Morgan fingerprint density at radius 1 is 1.65 bits per heavy atom. The summed E-state index contributed by atoms with van der Waals surface area (Å²) in [6, 6.07) is 1.74. The fourth-order valence-corrected chi connectivity index (χ4v) is 2.68. The first kappa shape index (κ1) is 15.0. The summed E-state index contributed by atoms with van der Waals surface area (Å²) < 4.78 is 0. The van der Waals surface area contributed by atoms with Gasteiger partial charge in [0.2, 0.25) is 5.82 Å². The first-order valence-corrected chi connectivity index (χ1v) is 7.28. The fraction of sp³-hybridized carbons (Fsp3) is 0.615. The van der Waals surface area contributed by atoms with Crippen molar-refractivity contribution in [1.82, 2.24) is 10.3 Å². The lowest BCUT2D eigenvalue weighted by molar-refractivity contribution is -0.384. The topological polar surface area (TPSA) is 71.3 Å². The Morgan fingerprint density at radius 3 is 3.05 bits per heavy atom. The van der Waals surface area contributed by atoms with Crippen LogP contribution in [0.1, 0.15) is 26.2 Å². The smallest absolute Gasteiger partial charge is 0.313 e. The average Bonchev–Trinajstić information content (AvgIpc) is 2.91. The molecule has 1 aromatic heterocycles. The minimum atomic E-state index is -0.418. The van der Waals surface area contributed by atoms with Crippen molar-refractivity contribution in [3.05, 3.63) is 27.4 Å². The number of nitrogens with one attached hydrogen (secondary N) is 1. The van der Waals surface area contributed by atoms with Crippen molar-refractivity contribution < 1.29 is 4.92 Å². The van der Waals surface area contributed by atoms with E-state index >= 15 is 0 Å². The number of aromatic nitrogens is 1. The van der Waals surface area contributed by atoms with Crippen molar-refractivity contribution in [2.45, 2.75) is 32.2 Å². The highest BCUT2D eigenvalue weighted by molar-refractivity contribution is 6.30. The Morgan fingerprint density at radius 2 is 2.45 bits per heavy atom. The van der Waals surface area contributed by atoms with Crippen LogP contribution in [0.5, 0.6) is 0 Å². The highest BCUT2D eigenvalue weighted by atomic mass is 35.5. The summed E-state index contributed by atoms with van der Waals surface area (Å²) in [5, 5.41) is 14.9. The monoisotopic (exact) mass is 298 g/mol. The predicted octanol–water partition coefficient (Wildman–Crippen LogP) is 2.61. The maximum Gasteiger partial charge on any atom is 0.313 e. The van der Waals surface area contributed by atoms with Crippen LogP contribution in [0, 0.1) is 10.1 Å². The van der Waals surface area contributed by atoms with E-state index in [1.165, 1.54) is 12.3 Å². The zero-order valence-corrected chi connectivity index (χ0v) is 12.3. The van der Waals surface area contributed by atoms with E-state index in [2.05, 4.69) is 17.2 Å². The number of nitro groups is 1. The van der Waals surface area contributed by atoms with Gasteiger partial charge in [-0.1, -0.05) is 18.5 Å². The van der Waals surface area contributed by atoms with Gasteiger partial charge in [0.05, 0.1) is 9.95 Å². The van der Waals surface area contributed by atoms with Gasteiger partial charge in [-0.25, -0.2) is 4.98 Å². The SMILES string of the molecule is CCCN(CC1CCCN1)c1ncc(Cl)cc1[N+](=O)[O-]. The molecule has 2 rings (SSSR count). The number of nitrogens with zero attached hydrogens (tertiary/aromatic N) is 3. The summed E-state index contributed by atoms with van der Waals surface area (Å²) in [7, 11) is 0. The number of anilines is 1. The van der Waals surface area contributed by atoms with E-state index in [1.807, 2.05) is 4.90 Å². The molecule has 20 heavy (non-hydrogen) atoms. The van der Waals surface area contributed by atoms with Crippen LogP contribution in [0.15, 0.2) is 12.3 Å². The number of pyridine rings is 1. The molecule has 2 heterocycles. The molecule has 0 amide bonds. The van der Waals surface area contributed by atoms with Crippen molar-refractivity contribution in [3.63, 3.8) is 0 Å². The third-order valence-corrected chi connectivity index (χ3v) is 3.61. The number of halogens is 1. The minimum absolute atomic E-state index is 0.0241. The van der Waals surface area contributed by atoms with Gasteiger partial charge in [0, 0.05) is 31.4 Å². The summed E-state index contributed by atoms with van der Waals surface area (Å²) in [4.78, 5) is 16.9. The largest absolute Gasteiger partial charge is 0.349 e. The molecule has 0 radical (unpaired) electrons. The lowest BCUT2D eigenvalue weighted by Gasteiger charge is -2.26. The molecule has 7 heteroatoms. The molecule has 0 aliphatic carbocycles. The third-order valence-electron chi connectivity index (χ3n) is 3.41. The Balaban J connectivity index is 2.25. The van der Waals surface area contributed by atoms with Gasteiger partial charge in [0.25, 0.3) is 0 Å². The van der Waals surface area contributed by atoms with E-state index < -0.39 is 4.92 Å². The van der Waals surface area contributed by atoms with Crippen LogP contribution in [0.3, 0.4) is 0 Å². The van der Waals surface area contributed by atoms with E-state index in [4.69, 9.17) is 11.6 Å². The van der Waals surface area contributed by atoms with Crippen LogP contribution in [0.25, 0.3) is 0 Å². The molecule has 1 N–H and O–H groups in total. The maximum atomic E-state index is 11.2. The Labute approximate surface area is 123 Å². The van der Waals surface area contributed by atoms with Crippen LogP contribution in [-0.2, 0) is 0 Å². The minimum Gasteiger partial charge on any atom is -0.349 e. The second-order valence-corrected chi connectivity index (χ2v) is 5.43. The van der Waals surface area contributed by atoms with Gasteiger partial charge >= 0.3 is 5.69 Å². The average molecular weight is 299 g/mol. The van der Waals surface area contributed by atoms with Crippen LogP contribution in [-0.4, -0.2) is 35.6 Å². The predicted molar refractivity (Wildman–Crippen MR) is 79.4 cm³/mol. The lowest BCUT2D eigenvalue weighted by atomic mass is 10.2. The number of hydrogen-bond acceptors (Lipinski definition) is 5. The zero-order valence-electron chi connectivity index (χ0n) is 11.5. The third kappa shape index (κ3) is 3.58. The van der Waals surface area contributed by atoms with Gasteiger partial charge in [-0.15, -0.1) is 0 Å². The van der Waals surface area contributed by atoms with Gasteiger partial charge in [0.15, 0.2) is 0 Å². The maximum absolute atomic E-state index is 11.2. The Hall–Kier alpha value is -1.40. The summed E-state index contributed by atoms with van der Waals surface area (Å²) in [5.41, 5.74) is -0.0241. The molecule has 1 fully saturated rings. The van der Waals surface area contributed by atoms with Crippen molar-refractivity contribution >= 4 is 23.1 Å². The summed E-state index contributed by atoms with van der Waals surface area (Å²) in [5.74, 6) is 0.412. The Bertz CT molecular complexity index is 477. The molecule has 0 aromatic carbocycles. The van der Waals surface area contributed by atoms with Crippen LogP contribution in [0.2, 0.25) is 5.02 Å². The highest BCUT2D eigenvalue weighted by Gasteiger charge is 2.25. The molecule has 6 nitrogen and oxygen atoms in total. The van der Waals surface area contributed by atoms with E-state index in [0.29, 0.717) is 11.9 Å². The van der Waals surface area contributed by atoms with Gasteiger partial charge < -0.3 is 10.2 Å². The zero-order chi connectivity index (χ0) is 14.5. The van der Waals surface area contributed by atoms with E-state index in [1.54, 1.807) is 0 Å². The van der Waals surface area contributed by atoms with E-state index in [0.717, 1.165) is 38.9 Å². The van der Waals surface area contributed by atoms with E-state index in [9.17, 15) is 10.1 Å². The van der Waals surface area contributed by atoms with Crippen LogP contribution < -0.4 is 10.2 Å². The van der Waals surface area contributed by atoms with Crippen LogP contribution in [0.4, 0.5) is 11.5 Å². The van der Waals surface area contributed by atoms with Crippen molar-refractivity contribution in [2.75, 3.05) is 24.5 Å². The second-order valence-electron chi connectivity index (χ2n) is 4.99. The van der Waals surface area contributed by atoms with Crippen molar-refractivity contribution in [1.29, 1.82) is 0 Å². The van der Waals surface area contributed by atoms with Gasteiger partial charge in [-0.05, 0) is 25.8 Å². The molecule has 0 bridgehead atoms. The van der Waals surface area contributed by atoms with Crippen LogP contribution >= 0.6 is 11.6 Å². The first-order valence-electron chi connectivity index (χ1n) is 6.90. The first-order chi connectivity index (χ1) is 9.61. The highest BCUT2D eigenvalue weighted by Crippen LogP contribution is 2.29. The van der Waals surface area contributed by atoms with E-state index in [-0.39, 0.29) is 10.7 Å². The molecule has 1 atom stereocenters. The molecule has 1 unspecified atom stereocenters. The van der Waals surface area contributed by atoms with Gasteiger partial charge in [-0.3, -0.25) is 10.1 Å². The second kappa shape index (κ2) is 6.85. The quantitative estimate of drug-likeness (QED) is 0.645. The summed E-state index contributed by atoms with van der Waals surface area (Å²) >= 11 is 5.82. The summed E-state index contributed by atoms with van der Waals surface area (Å²) in [6.45, 7) is 4.55. The van der Waals surface area contributed by atoms with Gasteiger partial charge in [0.1, 0.15) is 0 Å². The molecule has 1 aromatic rings. The molecule has 1 aliphatic heterocycles. The normalized spacial score (nSPS) is 18.2. The molecular weight excluding hydrogens is 280 g/mol. The molecule has 0 spiro atoms. The van der Waals surface area contributed by atoms with Gasteiger partial charge in [-0.2, -0.15) is 0 Å². The van der Waals surface area contributed by atoms with Crippen molar-refractivity contribution in [3.8, 4) is 0 Å². The van der Waals surface area contributed by atoms with Crippen molar-refractivity contribution in [2.24, 2.45) is 0 Å². The molecule has 1 aliphatic rings. The number of hydrogen-bond donors (Lipinski definition) is 1. The summed E-state index contributed by atoms with van der Waals surface area (Å²) in [6.07, 6.45) is 4.63. The molecule has 1 saturated heterocycles. The number of rotatable bonds is 6. The standard InChI is InChI=1S/C13H19ClN4O2/c1-2-6-17(9-11-4-3-5-15-11)13-12(18(19)20)7-10(14)8-16-13/h7-8,11,15H,2-6,9H2,1H3. The Kier molecular flexibility index (Phi) is 5.14.